The van der Waals surface area contributed by atoms with E-state index in [1.807, 2.05) is 12.1 Å². The molecule has 10 heteroatoms. The highest BCUT2D eigenvalue weighted by atomic mass is 32.2. The van der Waals surface area contributed by atoms with Crippen molar-refractivity contribution in [3.8, 4) is 16.9 Å². The van der Waals surface area contributed by atoms with Crippen molar-refractivity contribution in [3.05, 3.63) is 64.8 Å². The summed E-state index contributed by atoms with van der Waals surface area (Å²) in [6.45, 7) is 0.889. The predicted octanol–water partition coefficient (Wildman–Crippen LogP) is 2.52. The minimum atomic E-state index is -3.94. The van der Waals surface area contributed by atoms with E-state index < -0.39 is 31.9 Å². The number of benzene rings is 2. The molecule has 8 nitrogen and oxygen atoms in total. The Morgan fingerprint density at radius 3 is 2.34 bits per heavy atom. The summed E-state index contributed by atoms with van der Waals surface area (Å²) in [5.41, 5.74) is 2.34. The van der Waals surface area contributed by atoms with Crippen molar-refractivity contribution in [2.75, 3.05) is 13.4 Å². The standard InChI is InChI=1S/C22H23FN2O6S/c1-22(21(27)24-28,32(3,29)30)10-11-25-13-19(23)18-12-15(6-9-17(18)20(25)26)14-4-7-16(31-2)8-5-14/h4-9,12-13,28H,10-11H2,1-3H3,(H,24,27)/t22-/m1/s1. The summed E-state index contributed by atoms with van der Waals surface area (Å²) in [7, 11) is -2.39. The van der Waals surface area contributed by atoms with E-state index in [1.165, 1.54) is 11.5 Å². The Balaban J connectivity index is 1.99. The fourth-order valence-corrected chi connectivity index (χ4v) is 4.24. The first-order valence-electron chi connectivity index (χ1n) is 9.63. The van der Waals surface area contributed by atoms with Crippen molar-refractivity contribution in [1.29, 1.82) is 0 Å². The van der Waals surface area contributed by atoms with Crippen LogP contribution in [0.5, 0.6) is 5.75 Å². The largest absolute Gasteiger partial charge is 0.497 e. The number of hydroxylamine groups is 1. The number of halogens is 1. The molecule has 0 aliphatic carbocycles. The highest BCUT2D eigenvalue weighted by Gasteiger charge is 2.43. The molecule has 2 aromatic carbocycles. The van der Waals surface area contributed by atoms with Gasteiger partial charge in [0.05, 0.1) is 12.5 Å². The number of carbonyl (C=O) groups is 1. The second-order valence-corrected chi connectivity index (χ2v) is 10.1. The number of methoxy groups -OCH3 is 1. The number of rotatable bonds is 7. The Morgan fingerprint density at radius 1 is 1.16 bits per heavy atom. The zero-order valence-corrected chi connectivity index (χ0v) is 18.6. The molecule has 2 N–H and O–H groups in total. The van der Waals surface area contributed by atoms with Crippen LogP contribution in [0.4, 0.5) is 4.39 Å². The molecule has 0 spiro atoms. The molecule has 1 amide bonds. The van der Waals surface area contributed by atoms with E-state index >= 15 is 0 Å². The summed E-state index contributed by atoms with van der Waals surface area (Å²) >= 11 is 0. The molecule has 1 aromatic heterocycles. The number of nitrogens with one attached hydrogen (secondary N) is 1. The minimum absolute atomic E-state index is 0.120. The van der Waals surface area contributed by atoms with Crippen molar-refractivity contribution < 1.29 is 27.5 Å². The fourth-order valence-electron chi connectivity index (χ4n) is 3.40. The lowest BCUT2D eigenvalue weighted by Crippen LogP contribution is -2.50. The van der Waals surface area contributed by atoms with Crippen molar-refractivity contribution >= 4 is 26.5 Å². The van der Waals surface area contributed by atoms with Crippen LogP contribution in [-0.4, -0.2) is 42.2 Å². The van der Waals surface area contributed by atoms with Gasteiger partial charge in [-0.1, -0.05) is 18.2 Å². The molecule has 32 heavy (non-hydrogen) atoms. The Kier molecular flexibility index (Phi) is 6.38. The van der Waals surface area contributed by atoms with Gasteiger partial charge in [0.15, 0.2) is 14.6 Å². The van der Waals surface area contributed by atoms with E-state index in [1.54, 1.807) is 31.4 Å². The first-order valence-corrected chi connectivity index (χ1v) is 11.5. The van der Waals surface area contributed by atoms with Crippen molar-refractivity contribution in [3.63, 3.8) is 0 Å². The van der Waals surface area contributed by atoms with Crippen LogP contribution < -0.4 is 15.8 Å². The lowest BCUT2D eigenvalue weighted by Gasteiger charge is -2.25. The van der Waals surface area contributed by atoms with Crippen LogP contribution in [-0.2, 0) is 21.2 Å². The fraction of sp³-hybridized carbons (Fsp3) is 0.273. The average Bonchev–Trinajstić information content (AvgIpc) is 2.78. The average molecular weight is 462 g/mol. The molecule has 0 fully saturated rings. The van der Waals surface area contributed by atoms with Crippen LogP contribution in [0.3, 0.4) is 0 Å². The molecule has 0 radical (unpaired) electrons. The number of aryl methyl sites for hydroxylation is 1. The van der Waals surface area contributed by atoms with Crippen LogP contribution in [0.25, 0.3) is 21.9 Å². The van der Waals surface area contributed by atoms with E-state index in [4.69, 9.17) is 9.94 Å². The maximum atomic E-state index is 14.9. The van der Waals surface area contributed by atoms with Gasteiger partial charge < -0.3 is 9.30 Å². The summed E-state index contributed by atoms with van der Waals surface area (Å²) in [5.74, 6) is -1.11. The topological polar surface area (TPSA) is 115 Å². The number of ether oxygens (including phenoxy) is 1. The normalized spacial score (nSPS) is 13.5. The van der Waals surface area contributed by atoms with Gasteiger partial charge >= 0.3 is 0 Å². The summed E-state index contributed by atoms with van der Waals surface area (Å²) in [6.07, 6.45) is 1.50. The molecule has 0 unspecified atom stereocenters. The highest BCUT2D eigenvalue weighted by molar-refractivity contribution is 7.92. The number of pyridine rings is 1. The summed E-state index contributed by atoms with van der Waals surface area (Å²) < 4.78 is 43.3. The lowest BCUT2D eigenvalue weighted by molar-refractivity contribution is -0.131. The number of hydrogen-bond donors (Lipinski definition) is 2. The van der Waals surface area contributed by atoms with E-state index in [0.29, 0.717) is 11.3 Å². The number of hydrogen-bond acceptors (Lipinski definition) is 6. The number of nitrogens with zero attached hydrogens (tertiary/aromatic N) is 1. The van der Waals surface area contributed by atoms with E-state index in [0.717, 1.165) is 29.5 Å². The molecule has 0 saturated carbocycles. The number of carbonyl (C=O) groups excluding carboxylic acids is 1. The molecule has 1 heterocycles. The molecule has 0 aliphatic rings. The molecule has 3 aromatic rings. The molecule has 1 atom stereocenters. The Morgan fingerprint density at radius 2 is 1.78 bits per heavy atom. The maximum Gasteiger partial charge on any atom is 0.264 e. The third-order valence-corrected chi connectivity index (χ3v) is 7.72. The maximum absolute atomic E-state index is 14.9. The van der Waals surface area contributed by atoms with Gasteiger partial charge in [-0.2, -0.15) is 0 Å². The van der Waals surface area contributed by atoms with Gasteiger partial charge in [-0.3, -0.25) is 14.8 Å². The Hall–Kier alpha value is -3.24. The van der Waals surface area contributed by atoms with Crippen molar-refractivity contribution in [2.24, 2.45) is 0 Å². The van der Waals surface area contributed by atoms with Crippen LogP contribution in [0.1, 0.15) is 13.3 Å². The molecule has 0 bridgehead atoms. The zero-order chi connectivity index (χ0) is 23.7. The second kappa shape index (κ2) is 8.71. The molecule has 0 saturated heterocycles. The van der Waals surface area contributed by atoms with Gasteiger partial charge in [-0.25, -0.2) is 18.3 Å². The van der Waals surface area contributed by atoms with Gasteiger partial charge in [0.25, 0.3) is 11.5 Å². The van der Waals surface area contributed by atoms with Crippen molar-refractivity contribution in [1.82, 2.24) is 10.0 Å². The van der Waals surface area contributed by atoms with Gasteiger partial charge in [0.1, 0.15) is 11.6 Å². The summed E-state index contributed by atoms with van der Waals surface area (Å²) in [5, 5.41) is 9.16. The lowest BCUT2D eigenvalue weighted by atomic mass is 10.0. The van der Waals surface area contributed by atoms with Crippen LogP contribution in [0, 0.1) is 5.82 Å². The van der Waals surface area contributed by atoms with Gasteiger partial charge in [-0.05, 0) is 48.7 Å². The van der Waals surface area contributed by atoms with Gasteiger partial charge in [0.2, 0.25) is 0 Å². The second-order valence-electron chi connectivity index (χ2n) is 7.66. The first kappa shape index (κ1) is 23.4. The molecular formula is C22H23FN2O6S. The van der Waals surface area contributed by atoms with Crippen LogP contribution >= 0.6 is 0 Å². The van der Waals surface area contributed by atoms with E-state index in [9.17, 15) is 22.4 Å². The smallest absolute Gasteiger partial charge is 0.264 e. The summed E-state index contributed by atoms with van der Waals surface area (Å²) in [6, 6.07) is 11.9. The summed E-state index contributed by atoms with van der Waals surface area (Å²) in [4.78, 5) is 24.9. The van der Waals surface area contributed by atoms with Crippen LogP contribution in [0.2, 0.25) is 0 Å². The molecule has 170 valence electrons. The Labute approximate surface area is 184 Å². The van der Waals surface area contributed by atoms with Crippen molar-refractivity contribution in [2.45, 2.75) is 24.6 Å². The Bertz CT molecular complexity index is 1340. The molecular weight excluding hydrogens is 439 g/mol. The third-order valence-electron chi connectivity index (χ3n) is 5.69. The number of fused-ring (bicyclic) bond motifs is 1. The molecule has 3 rings (SSSR count). The molecule has 0 aliphatic heterocycles. The van der Waals surface area contributed by atoms with E-state index in [2.05, 4.69) is 0 Å². The highest BCUT2D eigenvalue weighted by Crippen LogP contribution is 2.27. The monoisotopic (exact) mass is 462 g/mol. The predicted molar refractivity (Wildman–Crippen MR) is 118 cm³/mol. The van der Waals surface area contributed by atoms with Gasteiger partial charge in [-0.15, -0.1) is 0 Å². The number of aromatic nitrogens is 1. The first-order chi connectivity index (χ1) is 15.0. The van der Waals surface area contributed by atoms with E-state index in [-0.39, 0.29) is 23.7 Å². The third kappa shape index (κ3) is 4.23. The zero-order valence-electron chi connectivity index (χ0n) is 17.8. The SMILES string of the molecule is COc1ccc(-c2ccc3c(=O)n(CC[C@](C)(C(=O)NO)S(C)(=O)=O)cc(F)c3c2)cc1. The van der Waals surface area contributed by atoms with Gasteiger partial charge in [0, 0.05) is 24.4 Å². The number of sulfone groups is 1. The quantitative estimate of drug-likeness (QED) is 0.412. The van der Waals surface area contributed by atoms with Crippen LogP contribution in [0.15, 0.2) is 53.5 Å². The minimum Gasteiger partial charge on any atom is -0.497 e. The number of amides is 1.